The summed E-state index contributed by atoms with van der Waals surface area (Å²) in [4.78, 5) is 4.40. The molecule has 1 aromatic carbocycles. The first-order valence-corrected chi connectivity index (χ1v) is 10.2. The summed E-state index contributed by atoms with van der Waals surface area (Å²) in [6.45, 7) is 3.49. The van der Waals surface area contributed by atoms with Crippen LogP contribution in [0.5, 0.6) is 0 Å². The first-order valence-electron chi connectivity index (χ1n) is 8.01. The average Bonchev–Trinajstić information content (AvgIpc) is 2.86. The van der Waals surface area contributed by atoms with Gasteiger partial charge in [0.1, 0.15) is 5.82 Å². The van der Waals surface area contributed by atoms with Gasteiger partial charge in [-0.15, -0.1) is 0 Å². The van der Waals surface area contributed by atoms with E-state index in [-0.39, 0.29) is 28.6 Å². The Labute approximate surface area is 147 Å². The summed E-state index contributed by atoms with van der Waals surface area (Å²) in [5, 5.41) is 0.0989. The lowest BCUT2D eigenvalue weighted by Crippen LogP contribution is -2.59. The SMILES string of the molecule is COCCN1CCN(Cc2ccc(F)c(Cl)c2)[C@@H]2CS(=O)(=O)C[C@@H]21. The quantitative estimate of drug-likeness (QED) is 0.777. The molecule has 0 unspecified atom stereocenters. The second kappa shape index (κ2) is 7.25. The standard InChI is InChI=1S/C16H22ClFN2O3S/c1-23-7-6-19-4-5-20(16-11-24(21,22)10-15(16)19)9-12-2-3-14(18)13(17)8-12/h2-3,8,15-16H,4-7,9-11H2,1H3/t15-,16+/m0/s1. The lowest BCUT2D eigenvalue weighted by atomic mass is 10.0. The number of sulfone groups is 1. The van der Waals surface area contributed by atoms with Crippen LogP contribution in [0.4, 0.5) is 4.39 Å². The van der Waals surface area contributed by atoms with Crippen LogP contribution in [0.2, 0.25) is 5.02 Å². The first-order chi connectivity index (χ1) is 11.4. The van der Waals surface area contributed by atoms with Crippen LogP contribution in [0.25, 0.3) is 0 Å². The molecule has 0 spiro atoms. The number of methoxy groups -OCH3 is 1. The van der Waals surface area contributed by atoms with Crippen molar-refractivity contribution >= 4 is 21.4 Å². The maximum atomic E-state index is 13.3. The number of halogens is 2. The average molecular weight is 377 g/mol. The second-order valence-electron chi connectivity index (χ2n) is 6.46. The smallest absolute Gasteiger partial charge is 0.153 e. The van der Waals surface area contributed by atoms with E-state index in [2.05, 4.69) is 9.80 Å². The van der Waals surface area contributed by atoms with Gasteiger partial charge in [0.15, 0.2) is 9.84 Å². The molecule has 0 saturated carbocycles. The molecule has 3 rings (SSSR count). The molecule has 24 heavy (non-hydrogen) atoms. The van der Waals surface area contributed by atoms with Crippen molar-refractivity contribution in [2.24, 2.45) is 0 Å². The van der Waals surface area contributed by atoms with Crippen LogP contribution in [-0.2, 0) is 21.1 Å². The highest BCUT2D eigenvalue weighted by Gasteiger charge is 2.46. The molecule has 0 aromatic heterocycles. The normalized spacial score (nSPS) is 27.3. The van der Waals surface area contributed by atoms with Crippen molar-refractivity contribution in [3.63, 3.8) is 0 Å². The van der Waals surface area contributed by atoms with E-state index >= 15 is 0 Å². The largest absolute Gasteiger partial charge is 0.383 e. The molecular formula is C16H22ClFN2O3S. The van der Waals surface area contributed by atoms with E-state index < -0.39 is 15.7 Å². The molecule has 0 N–H and O–H groups in total. The molecule has 2 fully saturated rings. The van der Waals surface area contributed by atoms with Crippen LogP contribution < -0.4 is 0 Å². The second-order valence-corrected chi connectivity index (χ2v) is 9.02. The highest BCUT2D eigenvalue weighted by Crippen LogP contribution is 2.28. The number of ether oxygens (including phenoxy) is 1. The predicted octanol–water partition coefficient (Wildman–Crippen LogP) is 1.41. The Morgan fingerprint density at radius 3 is 2.58 bits per heavy atom. The minimum atomic E-state index is -3.04. The molecule has 0 aliphatic carbocycles. The number of hydrogen-bond donors (Lipinski definition) is 0. The van der Waals surface area contributed by atoms with Gasteiger partial charge in [-0.3, -0.25) is 9.80 Å². The van der Waals surface area contributed by atoms with E-state index in [1.165, 1.54) is 6.07 Å². The van der Waals surface area contributed by atoms with Gasteiger partial charge in [0.05, 0.1) is 23.1 Å². The summed E-state index contributed by atoms with van der Waals surface area (Å²) in [7, 11) is -1.39. The van der Waals surface area contributed by atoms with Gasteiger partial charge in [0.2, 0.25) is 0 Å². The van der Waals surface area contributed by atoms with Crippen molar-refractivity contribution in [1.82, 2.24) is 9.80 Å². The summed E-state index contributed by atoms with van der Waals surface area (Å²) in [6.07, 6.45) is 0. The Balaban J connectivity index is 1.76. The van der Waals surface area contributed by atoms with Gasteiger partial charge in [-0.1, -0.05) is 17.7 Å². The minimum absolute atomic E-state index is 0.00480. The highest BCUT2D eigenvalue weighted by molar-refractivity contribution is 7.91. The van der Waals surface area contributed by atoms with Crippen LogP contribution in [0.15, 0.2) is 18.2 Å². The van der Waals surface area contributed by atoms with E-state index in [9.17, 15) is 12.8 Å². The molecule has 2 aliphatic heterocycles. The Kier molecular flexibility index (Phi) is 5.46. The zero-order valence-corrected chi connectivity index (χ0v) is 15.2. The maximum Gasteiger partial charge on any atom is 0.153 e. The van der Waals surface area contributed by atoms with E-state index in [1.807, 2.05) is 0 Å². The van der Waals surface area contributed by atoms with Gasteiger partial charge < -0.3 is 4.74 Å². The summed E-state index contributed by atoms with van der Waals surface area (Å²) in [5.74, 6) is -0.0656. The van der Waals surface area contributed by atoms with Crippen LogP contribution in [0.3, 0.4) is 0 Å². The third kappa shape index (κ3) is 3.91. The van der Waals surface area contributed by atoms with Crippen molar-refractivity contribution in [3.8, 4) is 0 Å². The first kappa shape index (κ1) is 18.1. The maximum absolute atomic E-state index is 13.3. The van der Waals surface area contributed by atoms with Gasteiger partial charge >= 0.3 is 0 Å². The zero-order chi connectivity index (χ0) is 17.3. The Morgan fingerprint density at radius 1 is 1.25 bits per heavy atom. The van der Waals surface area contributed by atoms with E-state index in [0.717, 1.165) is 25.2 Å². The Bertz CT molecular complexity index is 701. The molecule has 0 bridgehead atoms. The lowest BCUT2D eigenvalue weighted by Gasteiger charge is -2.44. The van der Waals surface area contributed by atoms with Gasteiger partial charge in [-0.05, 0) is 17.7 Å². The van der Waals surface area contributed by atoms with Crippen LogP contribution in [0, 0.1) is 5.82 Å². The van der Waals surface area contributed by atoms with Gasteiger partial charge in [-0.25, -0.2) is 12.8 Å². The molecule has 2 aliphatic rings. The molecule has 2 saturated heterocycles. The van der Waals surface area contributed by atoms with E-state index in [4.69, 9.17) is 16.3 Å². The minimum Gasteiger partial charge on any atom is -0.383 e. The molecule has 5 nitrogen and oxygen atoms in total. The number of rotatable bonds is 5. The third-order valence-corrected chi connectivity index (χ3v) is 6.85. The van der Waals surface area contributed by atoms with E-state index in [1.54, 1.807) is 19.2 Å². The van der Waals surface area contributed by atoms with Crippen molar-refractivity contribution in [3.05, 3.63) is 34.6 Å². The van der Waals surface area contributed by atoms with Crippen molar-refractivity contribution in [1.29, 1.82) is 0 Å². The molecule has 2 atom stereocenters. The fourth-order valence-corrected chi connectivity index (χ4v) is 5.90. The van der Waals surface area contributed by atoms with E-state index in [0.29, 0.717) is 13.2 Å². The molecule has 134 valence electrons. The van der Waals surface area contributed by atoms with Gasteiger partial charge in [0.25, 0.3) is 0 Å². The predicted molar refractivity (Wildman–Crippen MR) is 91.5 cm³/mol. The molecule has 8 heteroatoms. The molecule has 0 radical (unpaired) electrons. The third-order valence-electron chi connectivity index (χ3n) is 4.86. The molecular weight excluding hydrogens is 355 g/mol. The summed E-state index contributed by atoms with van der Waals surface area (Å²) in [6, 6.07) is 4.64. The van der Waals surface area contributed by atoms with Crippen LogP contribution >= 0.6 is 11.6 Å². The number of fused-ring (bicyclic) bond motifs is 1. The summed E-state index contributed by atoms with van der Waals surface area (Å²) in [5.41, 5.74) is 0.898. The van der Waals surface area contributed by atoms with Crippen molar-refractivity contribution < 1.29 is 17.5 Å². The van der Waals surface area contributed by atoms with Gasteiger partial charge in [0, 0.05) is 45.4 Å². The summed E-state index contributed by atoms with van der Waals surface area (Å²) >= 11 is 5.86. The number of benzene rings is 1. The number of nitrogens with zero attached hydrogens (tertiary/aromatic N) is 2. The number of hydrogen-bond acceptors (Lipinski definition) is 5. The fourth-order valence-electron chi connectivity index (χ4n) is 3.65. The molecule has 2 heterocycles. The number of piperazine rings is 1. The van der Waals surface area contributed by atoms with Crippen LogP contribution in [-0.4, -0.2) is 75.2 Å². The van der Waals surface area contributed by atoms with Gasteiger partial charge in [-0.2, -0.15) is 0 Å². The molecule has 0 amide bonds. The molecule has 1 aromatic rings. The summed E-state index contributed by atoms with van der Waals surface area (Å²) < 4.78 is 42.8. The topological polar surface area (TPSA) is 49.9 Å². The Hall–Kier alpha value is -0.730. The highest BCUT2D eigenvalue weighted by atomic mass is 35.5. The van der Waals surface area contributed by atoms with Crippen LogP contribution in [0.1, 0.15) is 5.56 Å². The Morgan fingerprint density at radius 2 is 1.92 bits per heavy atom. The zero-order valence-electron chi connectivity index (χ0n) is 13.6. The van der Waals surface area contributed by atoms with Crippen molar-refractivity contribution in [2.75, 3.05) is 44.9 Å². The lowest BCUT2D eigenvalue weighted by molar-refractivity contribution is 0.0253. The fraction of sp³-hybridized carbons (Fsp3) is 0.625. The monoisotopic (exact) mass is 376 g/mol. The van der Waals surface area contributed by atoms with Crippen molar-refractivity contribution in [2.45, 2.75) is 18.6 Å².